The number of H-pyrrole nitrogens is 1. The molecular weight excluding hydrogens is 225 g/mol. The number of nitrogens with zero attached hydrogens (tertiary/aromatic N) is 1. The number of aromatic amines is 1. The Kier molecular flexibility index (Phi) is 14.2. The molecule has 1 rings (SSSR count). The van der Waals surface area contributed by atoms with Gasteiger partial charge in [0.05, 0.1) is 0 Å². The molecule has 0 aliphatic rings. The Labute approximate surface area is 80.2 Å². The van der Waals surface area contributed by atoms with Crippen molar-refractivity contribution in [2.75, 3.05) is 0 Å². The topological polar surface area (TPSA) is 28.7 Å². The molecule has 1 heterocycles. The van der Waals surface area contributed by atoms with Gasteiger partial charge in [-0.15, -0.1) is 12.4 Å². The van der Waals surface area contributed by atoms with E-state index in [1.54, 1.807) is 18.5 Å². The Balaban J connectivity index is 0. The van der Waals surface area contributed by atoms with Crippen molar-refractivity contribution >= 4 is 0 Å². The molecule has 1 N–H and O–H groups in total. The molecule has 2 nitrogen and oxygen atoms in total. The van der Waals surface area contributed by atoms with E-state index in [-0.39, 0.29) is 19.5 Å². The van der Waals surface area contributed by atoms with E-state index < -0.39 is 0 Å². The fraction of sp³-hybridized carbons (Fsp3) is 0.125. The molecule has 0 atom stereocenters. The van der Waals surface area contributed by atoms with Crippen LogP contribution in [0.25, 0.3) is 0 Å². The summed E-state index contributed by atoms with van der Waals surface area (Å²) in [5.74, 6) is 0. The average molecular weight is 235 g/mol. The van der Waals surface area contributed by atoms with Gasteiger partial charge in [-0.25, -0.2) is 12.2 Å². The molecule has 0 aliphatic carbocycles. The van der Waals surface area contributed by atoms with Crippen molar-refractivity contribution in [2.45, 2.75) is 6.92 Å². The molecule has 0 fully saturated rings. The fourth-order valence-corrected chi connectivity index (χ4v) is 0.297. The third-order valence-electron chi connectivity index (χ3n) is 0.665. The maximum Gasteiger partial charge on any atom is 2.00 e. The molecule has 0 unspecified atom stereocenters. The molecule has 3 heteroatoms. The summed E-state index contributed by atoms with van der Waals surface area (Å²) < 4.78 is 0. The van der Waals surface area contributed by atoms with Gasteiger partial charge in [0, 0.05) is 0 Å². The van der Waals surface area contributed by atoms with Crippen molar-refractivity contribution < 1.29 is 19.5 Å². The SMILES string of the molecule is [CH-]=CC=CC.[Ru+2].[c-]1ncc[nH]1. The molecule has 0 aliphatic heterocycles. The van der Waals surface area contributed by atoms with Gasteiger partial charge in [0.25, 0.3) is 0 Å². The summed E-state index contributed by atoms with van der Waals surface area (Å²) >= 11 is 0. The van der Waals surface area contributed by atoms with Crippen LogP contribution in [0.2, 0.25) is 0 Å². The number of hydrogen-bond acceptors (Lipinski definition) is 1. The molecular formula is C8H10N2Ru. The van der Waals surface area contributed by atoms with Crippen LogP contribution in [-0.2, 0) is 19.5 Å². The predicted molar refractivity (Wildman–Crippen MR) is 41.1 cm³/mol. The smallest absolute Gasteiger partial charge is 0.467 e. The van der Waals surface area contributed by atoms with Gasteiger partial charge in [-0.05, 0) is 6.33 Å². The molecule has 1 aromatic heterocycles. The first-order valence-corrected chi connectivity index (χ1v) is 2.93. The van der Waals surface area contributed by atoms with Crippen LogP contribution in [0.3, 0.4) is 0 Å². The van der Waals surface area contributed by atoms with E-state index in [0.717, 1.165) is 0 Å². The zero-order valence-corrected chi connectivity index (χ0v) is 8.00. The molecule has 0 amide bonds. The third-order valence-corrected chi connectivity index (χ3v) is 0.665. The van der Waals surface area contributed by atoms with Gasteiger partial charge in [0.2, 0.25) is 0 Å². The number of imidazole rings is 1. The molecule has 0 saturated carbocycles. The zero-order valence-electron chi connectivity index (χ0n) is 6.26. The second-order valence-electron chi connectivity index (χ2n) is 1.42. The van der Waals surface area contributed by atoms with Gasteiger partial charge in [0.15, 0.2) is 0 Å². The molecule has 60 valence electrons. The Hall–Kier alpha value is -0.687. The third kappa shape index (κ3) is 12.5. The second-order valence-corrected chi connectivity index (χ2v) is 1.42. The number of allylic oxidation sites excluding steroid dienone is 3. The van der Waals surface area contributed by atoms with Crippen molar-refractivity contribution in [1.82, 2.24) is 9.97 Å². The van der Waals surface area contributed by atoms with Crippen LogP contribution >= 0.6 is 0 Å². The Morgan fingerprint density at radius 1 is 1.64 bits per heavy atom. The second kappa shape index (κ2) is 12.0. The van der Waals surface area contributed by atoms with Crippen LogP contribution in [0, 0.1) is 12.9 Å². The summed E-state index contributed by atoms with van der Waals surface area (Å²) in [5.41, 5.74) is 0. The van der Waals surface area contributed by atoms with Crippen LogP contribution in [0.15, 0.2) is 30.6 Å². The van der Waals surface area contributed by atoms with Crippen LogP contribution in [0.1, 0.15) is 6.92 Å². The van der Waals surface area contributed by atoms with Gasteiger partial charge >= 0.3 is 19.5 Å². The molecule has 0 spiro atoms. The summed E-state index contributed by atoms with van der Waals surface area (Å²) in [6.07, 6.45) is 11.0. The maximum absolute atomic E-state index is 4.93. The maximum atomic E-state index is 4.93. The molecule has 1 aromatic rings. The van der Waals surface area contributed by atoms with E-state index >= 15 is 0 Å². The van der Waals surface area contributed by atoms with E-state index in [0.29, 0.717) is 0 Å². The van der Waals surface area contributed by atoms with Crippen LogP contribution in [0.5, 0.6) is 0 Å². The minimum Gasteiger partial charge on any atom is -0.467 e. The molecule has 11 heavy (non-hydrogen) atoms. The van der Waals surface area contributed by atoms with Crippen molar-refractivity contribution in [3.05, 3.63) is 43.5 Å². The Morgan fingerprint density at radius 2 is 2.36 bits per heavy atom. The van der Waals surface area contributed by atoms with Gasteiger partial charge in [0.1, 0.15) is 0 Å². The van der Waals surface area contributed by atoms with Gasteiger partial charge in [-0.1, -0.05) is 6.92 Å². The van der Waals surface area contributed by atoms with E-state index in [1.807, 2.05) is 13.0 Å². The standard InChI is InChI=1S/C5H7.C3H3N2.Ru/c1-3-5-4-2;1-2-5-3-4-1;/h1,3-5H,2H3;1-2H,(H,4,5);/q2*-1;+2. The number of nitrogens with one attached hydrogen (secondary N) is 1. The molecule has 0 saturated heterocycles. The van der Waals surface area contributed by atoms with E-state index in [4.69, 9.17) is 6.58 Å². The van der Waals surface area contributed by atoms with Crippen LogP contribution in [0.4, 0.5) is 0 Å². The van der Waals surface area contributed by atoms with Gasteiger partial charge < -0.3 is 9.97 Å². The minimum absolute atomic E-state index is 0. The first kappa shape index (κ1) is 12.9. The van der Waals surface area contributed by atoms with Gasteiger partial charge in [-0.3, -0.25) is 6.58 Å². The quantitative estimate of drug-likeness (QED) is 0.448. The molecule has 0 bridgehead atoms. The van der Waals surface area contributed by atoms with E-state index in [1.165, 1.54) is 6.08 Å². The molecule has 0 aromatic carbocycles. The monoisotopic (exact) mass is 236 g/mol. The first-order chi connectivity index (χ1) is 4.91. The van der Waals surface area contributed by atoms with Crippen LogP contribution < -0.4 is 0 Å². The largest absolute Gasteiger partial charge is 2.00 e. The van der Waals surface area contributed by atoms with Crippen molar-refractivity contribution in [3.8, 4) is 0 Å². The number of aromatic nitrogens is 2. The predicted octanol–water partition coefficient (Wildman–Crippen LogP) is 1.76. The summed E-state index contributed by atoms with van der Waals surface area (Å²) in [4.78, 5) is 6.17. The van der Waals surface area contributed by atoms with Crippen molar-refractivity contribution in [1.29, 1.82) is 0 Å². The summed E-state index contributed by atoms with van der Waals surface area (Å²) in [5, 5.41) is 0. The summed E-state index contributed by atoms with van der Waals surface area (Å²) in [6.45, 7) is 6.85. The van der Waals surface area contributed by atoms with Gasteiger partial charge in [-0.2, -0.15) is 6.08 Å². The molecule has 0 radical (unpaired) electrons. The zero-order chi connectivity index (χ0) is 7.66. The normalized spacial score (nSPS) is 7.73. The summed E-state index contributed by atoms with van der Waals surface area (Å²) in [7, 11) is 0. The summed E-state index contributed by atoms with van der Waals surface area (Å²) in [6, 6.07) is 0. The first-order valence-electron chi connectivity index (χ1n) is 2.93. The Bertz CT molecular complexity index is 151. The fourth-order valence-electron chi connectivity index (χ4n) is 0.297. The average Bonchev–Trinajstić information content (AvgIpc) is 2.44. The van der Waals surface area contributed by atoms with Crippen LogP contribution in [-0.4, -0.2) is 9.97 Å². The number of hydrogen-bond donors (Lipinski definition) is 1. The number of rotatable bonds is 1. The Morgan fingerprint density at radius 3 is 2.45 bits per heavy atom. The van der Waals surface area contributed by atoms with E-state index in [2.05, 4.69) is 16.3 Å². The van der Waals surface area contributed by atoms with E-state index in [9.17, 15) is 0 Å². The van der Waals surface area contributed by atoms with Crippen molar-refractivity contribution in [3.63, 3.8) is 0 Å². The minimum atomic E-state index is 0. The van der Waals surface area contributed by atoms with Crippen molar-refractivity contribution in [2.24, 2.45) is 0 Å².